The van der Waals surface area contributed by atoms with Gasteiger partial charge in [-0.15, -0.1) is 0 Å². The van der Waals surface area contributed by atoms with Crippen LogP contribution in [-0.2, 0) is 13.1 Å². The summed E-state index contributed by atoms with van der Waals surface area (Å²) in [6.07, 6.45) is 3.59. The molecule has 0 aliphatic heterocycles. The Hall–Kier alpha value is -1.97. The third-order valence-electron chi connectivity index (χ3n) is 3.81. The van der Waals surface area contributed by atoms with Crippen molar-refractivity contribution in [2.75, 3.05) is 0 Å². The molecule has 1 heterocycles. The molecule has 3 rings (SSSR count). The van der Waals surface area contributed by atoms with E-state index in [1.54, 1.807) is 21.5 Å². The molecule has 23 heavy (non-hydrogen) atoms. The number of imidazole rings is 1. The zero-order chi connectivity index (χ0) is 16.4. The molecule has 0 atom stereocenters. The Bertz CT molecular complexity index is 896. The second kappa shape index (κ2) is 6.65. The summed E-state index contributed by atoms with van der Waals surface area (Å²) in [7, 11) is 0. The van der Waals surface area contributed by atoms with Crippen molar-refractivity contribution in [1.29, 1.82) is 0 Å². The van der Waals surface area contributed by atoms with Crippen LogP contribution in [0.1, 0.15) is 16.7 Å². The minimum absolute atomic E-state index is 0.0515. The number of nitrogens with zero attached hydrogens (tertiary/aromatic N) is 2. The molecule has 0 saturated carbocycles. The standard InChI is InChI=1S/C18H16Cl2N2O/c1-13-5-6-17(20)10-15(13)12-22-8-7-21(18(22)23)11-14-3-2-4-16(19)9-14/h2-10H,11-12H2,1H3. The van der Waals surface area contributed by atoms with Gasteiger partial charge in [0.1, 0.15) is 0 Å². The Morgan fingerprint density at radius 1 is 0.913 bits per heavy atom. The van der Waals surface area contributed by atoms with Gasteiger partial charge in [0.2, 0.25) is 0 Å². The molecule has 0 bridgehead atoms. The monoisotopic (exact) mass is 346 g/mol. The largest absolute Gasteiger partial charge is 0.328 e. The second-order valence-corrected chi connectivity index (χ2v) is 6.41. The minimum Gasteiger partial charge on any atom is -0.295 e. The van der Waals surface area contributed by atoms with Gasteiger partial charge in [-0.1, -0.05) is 41.4 Å². The lowest BCUT2D eigenvalue weighted by atomic mass is 10.1. The molecule has 0 saturated heterocycles. The number of hydrogen-bond donors (Lipinski definition) is 0. The Balaban J connectivity index is 1.85. The Morgan fingerprint density at radius 3 is 2.35 bits per heavy atom. The highest BCUT2D eigenvalue weighted by atomic mass is 35.5. The lowest BCUT2D eigenvalue weighted by Gasteiger charge is -2.07. The maximum atomic E-state index is 12.5. The first-order chi connectivity index (χ1) is 11.0. The van der Waals surface area contributed by atoms with Crippen molar-refractivity contribution in [2.45, 2.75) is 20.0 Å². The summed E-state index contributed by atoms with van der Waals surface area (Å²) in [5, 5.41) is 1.35. The lowest BCUT2D eigenvalue weighted by Crippen LogP contribution is -2.25. The highest BCUT2D eigenvalue weighted by Crippen LogP contribution is 2.16. The Labute approximate surface area is 144 Å². The van der Waals surface area contributed by atoms with Gasteiger partial charge in [-0.3, -0.25) is 9.13 Å². The second-order valence-electron chi connectivity index (χ2n) is 5.54. The molecule has 0 unspecified atom stereocenters. The lowest BCUT2D eigenvalue weighted by molar-refractivity contribution is 0.683. The highest BCUT2D eigenvalue weighted by Gasteiger charge is 2.07. The summed E-state index contributed by atoms with van der Waals surface area (Å²) in [6.45, 7) is 3.02. The fourth-order valence-electron chi connectivity index (χ4n) is 2.52. The first-order valence-electron chi connectivity index (χ1n) is 7.28. The number of halogens is 2. The van der Waals surface area contributed by atoms with Crippen LogP contribution in [0.3, 0.4) is 0 Å². The van der Waals surface area contributed by atoms with Gasteiger partial charge in [0.05, 0.1) is 13.1 Å². The van der Waals surface area contributed by atoms with Crippen LogP contribution in [0.25, 0.3) is 0 Å². The molecular weight excluding hydrogens is 331 g/mol. The molecule has 3 aromatic rings. The van der Waals surface area contributed by atoms with E-state index >= 15 is 0 Å². The van der Waals surface area contributed by atoms with Gasteiger partial charge in [-0.2, -0.15) is 0 Å². The molecule has 0 fully saturated rings. The maximum Gasteiger partial charge on any atom is 0.328 e. The molecule has 0 aliphatic rings. The van der Waals surface area contributed by atoms with E-state index in [0.29, 0.717) is 23.1 Å². The Morgan fingerprint density at radius 2 is 1.61 bits per heavy atom. The van der Waals surface area contributed by atoms with E-state index in [2.05, 4.69) is 0 Å². The topological polar surface area (TPSA) is 26.9 Å². The van der Waals surface area contributed by atoms with Crippen LogP contribution in [0.5, 0.6) is 0 Å². The van der Waals surface area contributed by atoms with E-state index in [-0.39, 0.29) is 5.69 Å². The van der Waals surface area contributed by atoms with E-state index in [4.69, 9.17) is 23.2 Å². The molecule has 0 N–H and O–H groups in total. The first-order valence-corrected chi connectivity index (χ1v) is 8.03. The summed E-state index contributed by atoms with van der Waals surface area (Å²) in [5.41, 5.74) is 3.10. The van der Waals surface area contributed by atoms with Crippen LogP contribution in [-0.4, -0.2) is 9.13 Å². The Kier molecular flexibility index (Phi) is 4.60. The van der Waals surface area contributed by atoms with Crippen LogP contribution < -0.4 is 5.69 Å². The molecule has 0 aliphatic carbocycles. The van der Waals surface area contributed by atoms with Crippen molar-refractivity contribution in [2.24, 2.45) is 0 Å². The summed E-state index contributed by atoms with van der Waals surface area (Å²) >= 11 is 12.0. The minimum atomic E-state index is -0.0515. The number of rotatable bonds is 4. The summed E-state index contributed by atoms with van der Waals surface area (Å²) in [6, 6.07) is 13.2. The van der Waals surface area contributed by atoms with Crippen molar-refractivity contribution in [1.82, 2.24) is 9.13 Å². The zero-order valence-electron chi connectivity index (χ0n) is 12.7. The third-order valence-corrected chi connectivity index (χ3v) is 4.28. The first kappa shape index (κ1) is 15.9. The molecule has 118 valence electrons. The zero-order valence-corrected chi connectivity index (χ0v) is 14.2. The van der Waals surface area contributed by atoms with E-state index in [1.165, 1.54) is 0 Å². The van der Waals surface area contributed by atoms with Gasteiger partial charge >= 0.3 is 5.69 Å². The van der Waals surface area contributed by atoms with E-state index in [0.717, 1.165) is 16.7 Å². The molecule has 3 nitrogen and oxygen atoms in total. The van der Waals surface area contributed by atoms with Gasteiger partial charge in [0.15, 0.2) is 0 Å². The van der Waals surface area contributed by atoms with E-state index in [9.17, 15) is 4.79 Å². The van der Waals surface area contributed by atoms with Crippen LogP contribution in [0, 0.1) is 6.92 Å². The molecule has 0 amide bonds. The van der Waals surface area contributed by atoms with E-state index < -0.39 is 0 Å². The van der Waals surface area contributed by atoms with Crippen molar-refractivity contribution >= 4 is 23.2 Å². The third kappa shape index (κ3) is 3.69. The van der Waals surface area contributed by atoms with Gasteiger partial charge in [0, 0.05) is 22.4 Å². The van der Waals surface area contributed by atoms with Crippen molar-refractivity contribution in [3.05, 3.63) is 92.1 Å². The fourth-order valence-corrected chi connectivity index (χ4v) is 2.93. The molecule has 5 heteroatoms. The normalized spacial score (nSPS) is 10.9. The average molecular weight is 347 g/mol. The fraction of sp³-hybridized carbons (Fsp3) is 0.167. The average Bonchev–Trinajstić information content (AvgIpc) is 2.84. The van der Waals surface area contributed by atoms with Crippen LogP contribution >= 0.6 is 23.2 Å². The van der Waals surface area contributed by atoms with E-state index in [1.807, 2.05) is 49.4 Å². The summed E-state index contributed by atoms with van der Waals surface area (Å²) in [5.74, 6) is 0. The van der Waals surface area contributed by atoms with Crippen LogP contribution in [0.4, 0.5) is 0 Å². The quantitative estimate of drug-likeness (QED) is 0.689. The number of hydrogen-bond acceptors (Lipinski definition) is 1. The molecule has 0 radical (unpaired) electrons. The predicted molar refractivity (Wildman–Crippen MR) is 94.5 cm³/mol. The van der Waals surface area contributed by atoms with Crippen LogP contribution in [0.2, 0.25) is 10.0 Å². The number of benzene rings is 2. The molecular formula is C18H16Cl2N2O. The van der Waals surface area contributed by atoms with Crippen molar-refractivity contribution in [3.8, 4) is 0 Å². The summed E-state index contributed by atoms with van der Waals surface area (Å²) in [4.78, 5) is 12.5. The van der Waals surface area contributed by atoms with Gasteiger partial charge in [-0.05, 0) is 47.9 Å². The number of aryl methyl sites for hydroxylation is 1. The van der Waals surface area contributed by atoms with Gasteiger partial charge in [0.25, 0.3) is 0 Å². The van der Waals surface area contributed by atoms with Crippen molar-refractivity contribution in [3.63, 3.8) is 0 Å². The SMILES string of the molecule is Cc1ccc(Cl)cc1Cn1ccn(Cc2cccc(Cl)c2)c1=O. The number of aromatic nitrogens is 2. The predicted octanol–water partition coefficient (Wildman–Crippen LogP) is 4.36. The van der Waals surface area contributed by atoms with Crippen molar-refractivity contribution < 1.29 is 0 Å². The molecule has 1 aromatic heterocycles. The van der Waals surface area contributed by atoms with Gasteiger partial charge < -0.3 is 0 Å². The smallest absolute Gasteiger partial charge is 0.295 e. The highest BCUT2D eigenvalue weighted by molar-refractivity contribution is 6.30. The van der Waals surface area contributed by atoms with Crippen LogP contribution in [0.15, 0.2) is 59.7 Å². The van der Waals surface area contributed by atoms with Gasteiger partial charge in [-0.25, -0.2) is 4.79 Å². The molecule has 2 aromatic carbocycles. The maximum absolute atomic E-state index is 12.5. The molecule has 0 spiro atoms. The summed E-state index contributed by atoms with van der Waals surface area (Å²) < 4.78 is 3.36.